The Morgan fingerprint density at radius 2 is 1.76 bits per heavy atom. The van der Waals surface area contributed by atoms with E-state index in [9.17, 15) is 19.2 Å². The van der Waals surface area contributed by atoms with Gasteiger partial charge in [0.25, 0.3) is 5.91 Å². The van der Waals surface area contributed by atoms with Crippen molar-refractivity contribution < 1.29 is 28.7 Å². The average molecular weight is 741 g/mol. The molecular formula is C35H48Cl3N5O6. The van der Waals surface area contributed by atoms with E-state index in [0.717, 1.165) is 16.5 Å². The first-order chi connectivity index (χ1) is 22.8. The second-order valence-corrected chi connectivity index (χ2v) is 16.0. The molecule has 5 atom stereocenters. The number of nitrogens with one attached hydrogen (secondary N) is 3. The predicted molar refractivity (Wildman–Crippen MR) is 193 cm³/mol. The van der Waals surface area contributed by atoms with E-state index in [4.69, 9.17) is 49.3 Å². The molecule has 11 nitrogen and oxygen atoms in total. The molecule has 0 spiro atoms. The van der Waals surface area contributed by atoms with Gasteiger partial charge in [0, 0.05) is 24.9 Å². The van der Waals surface area contributed by atoms with Crippen molar-refractivity contribution in [3.63, 3.8) is 0 Å². The molecule has 0 radical (unpaired) electrons. The molecule has 1 aromatic carbocycles. The van der Waals surface area contributed by atoms with Crippen LogP contribution < -0.4 is 16.1 Å². The molecule has 2 amide bonds. The maximum absolute atomic E-state index is 13.5. The molecule has 0 saturated carbocycles. The van der Waals surface area contributed by atoms with E-state index < -0.39 is 40.6 Å². The van der Waals surface area contributed by atoms with Crippen LogP contribution in [0.3, 0.4) is 0 Å². The highest BCUT2D eigenvalue weighted by atomic mass is 35.6. The zero-order chi connectivity index (χ0) is 36.7. The van der Waals surface area contributed by atoms with Gasteiger partial charge in [-0.1, -0.05) is 92.8 Å². The van der Waals surface area contributed by atoms with Crippen LogP contribution in [0, 0.1) is 11.3 Å². The van der Waals surface area contributed by atoms with E-state index in [0.29, 0.717) is 25.1 Å². The van der Waals surface area contributed by atoms with Crippen molar-refractivity contribution >= 4 is 75.5 Å². The van der Waals surface area contributed by atoms with Gasteiger partial charge in [-0.25, -0.2) is 10.4 Å². The number of rotatable bonds is 13. The topological polar surface area (TPSA) is 139 Å². The lowest BCUT2D eigenvalue weighted by atomic mass is 9.83. The lowest BCUT2D eigenvalue weighted by Gasteiger charge is -2.36. The van der Waals surface area contributed by atoms with E-state index >= 15 is 0 Å². The first-order valence-electron chi connectivity index (χ1n) is 16.4. The van der Waals surface area contributed by atoms with Gasteiger partial charge in [0.2, 0.25) is 9.70 Å². The Morgan fingerprint density at radius 1 is 1.08 bits per heavy atom. The van der Waals surface area contributed by atoms with Crippen LogP contribution >= 0.6 is 34.8 Å². The highest BCUT2D eigenvalue weighted by Crippen LogP contribution is 2.28. The summed E-state index contributed by atoms with van der Waals surface area (Å²) in [5.74, 6) is -1.76. The minimum absolute atomic E-state index is 0.0788. The normalized spacial score (nSPS) is 18.2. The summed E-state index contributed by atoms with van der Waals surface area (Å²) in [6.07, 6.45) is 4.66. The zero-order valence-electron chi connectivity index (χ0n) is 29.3. The molecule has 1 unspecified atom stereocenters. The third-order valence-corrected chi connectivity index (χ3v) is 8.87. The summed E-state index contributed by atoms with van der Waals surface area (Å²) in [4.78, 5) is 55.3. The third kappa shape index (κ3) is 12.1. The highest BCUT2D eigenvalue weighted by molar-refractivity contribution is 6.67. The number of nitrogens with zero attached hydrogens (tertiary/aromatic N) is 2. The molecule has 1 aliphatic heterocycles. The van der Waals surface area contributed by atoms with Crippen LogP contribution in [-0.2, 0) is 28.7 Å². The minimum atomic E-state index is -1.74. The van der Waals surface area contributed by atoms with Crippen molar-refractivity contribution in [2.45, 2.75) is 102 Å². The molecule has 1 saturated heterocycles. The maximum atomic E-state index is 13.5. The Morgan fingerprint density at radius 3 is 2.39 bits per heavy atom. The van der Waals surface area contributed by atoms with Gasteiger partial charge in [-0.15, -0.1) is 0 Å². The van der Waals surface area contributed by atoms with Gasteiger partial charge in [0.15, 0.2) is 0 Å². The van der Waals surface area contributed by atoms with Gasteiger partial charge < -0.3 is 20.1 Å². The summed E-state index contributed by atoms with van der Waals surface area (Å²) < 4.78 is 8.62. The first kappa shape index (κ1) is 40.5. The largest absolute Gasteiger partial charge is 0.460 e. The van der Waals surface area contributed by atoms with Crippen LogP contribution in [-0.4, -0.2) is 74.9 Å². The number of hydrazine groups is 1. The summed E-state index contributed by atoms with van der Waals surface area (Å²) in [5.41, 5.74) is 4.92. The minimum Gasteiger partial charge on any atom is -0.460 e. The fraction of sp³-hybridized carbons (Fsp3) is 0.571. The quantitative estimate of drug-likeness (QED) is 0.172. The molecule has 1 fully saturated rings. The van der Waals surface area contributed by atoms with Gasteiger partial charge in [-0.3, -0.25) is 24.2 Å². The lowest BCUT2D eigenvalue weighted by Crippen LogP contribution is -2.61. The average Bonchev–Trinajstić information content (AvgIpc) is 3.03. The Kier molecular flexibility index (Phi) is 14.3. The lowest BCUT2D eigenvalue weighted by molar-refractivity contribution is -0.153. The number of amides is 2. The number of halogens is 3. The van der Waals surface area contributed by atoms with E-state index in [1.54, 1.807) is 13.8 Å². The van der Waals surface area contributed by atoms with Crippen LogP contribution in [0.25, 0.3) is 17.0 Å². The molecular weight excluding hydrogens is 693 g/mol. The van der Waals surface area contributed by atoms with Crippen LogP contribution in [0.15, 0.2) is 36.4 Å². The molecule has 14 heteroatoms. The van der Waals surface area contributed by atoms with E-state index in [1.807, 2.05) is 57.2 Å². The molecule has 0 aliphatic carbocycles. The number of pyridine rings is 1. The number of fused-ring (bicyclic) bond motifs is 1. The Labute approximate surface area is 303 Å². The standard InChI is InChI=1S/C35H48Cl3N5O6/c1-20(2)30(31(45)39-21(3)32(46)43-17-9-10-28(42-43)33(47)48-19-35(36,37)38)40-23(5)34(7,8)16-15-25-11-12-26-13-14-27(41-29(26)18-25)22(4)49-24(6)44/h11-16,18,20-23,28,30,40,42H,9-10,17,19H2,1-8H3,(H,39,45)/b16-15+/t21-,22+,23?,28-,30-/m0/s1. The van der Waals surface area contributed by atoms with Gasteiger partial charge >= 0.3 is 11.9 Å². The molecule has 2 heterocycles. The zero-order valence-corrected chi connectivity index (χ0v) is 31.6. The van der Waals surface area contributed by atoms with Crippen molar-refractivity contribution in [1.29, 1.82) is 0 Å². The second kappa shape index (κ2) is 17.3. The van der Waals surface area contributed by atoms with Gasteiger partial charge in [-0.2, -0.15) is 0 Å². The number of benzene rings is 1. The van der Waals surface area contributed by atoms with Gasteiger partial charge in [0.1, 0.15) is 24.8 Å². The summed E-state index contributed by atoms with van der Waals surface area (Å²) in [7, 11) is 0. The van der Waals surface area contributed by atoms with Crippen molar-refractivity contribution in [3.8, 4) is 0 Å². The molecule has 1 aliphatic rings. The number of ether oxygens (including phenoxy) is 2. The SMILES string of the molecule is CC(=O)O[C@H](C)c1ccc2ccc(/C=C/C(C)(C)C(C)N[C@H](C(=O)N[C@@H](C)C(=O)N3CCC[C@@H](C(=O)OCC(Cl)(Cl)Cl)N3)C(C)C)cc2n1. The smallest absolute Gasteiger partial charge is 0.325 e. The fourth-order valence-electron chi connectivity index (χ4n) is 5.27. The van der Waals surface area contributed by atoms with Crippen molar-refractivity contribution in [3.05, 3.63) is 47.7 Å². The molecule has 2 aromatic rings. The van der Waals surface area contributed by atoms with Crippen LogP contribution in [0.2, 0.25) is 0 Å². The molecule has 3 rings (SSSR count). The van der Waals surface area contributed by atoms with Gasteiger partial charge in [0.05, 0.1) is 17.3 Å². The number of alkyl halides is 3. The molecule has 270 valence electrons. The molecule has 0 bridgehead atoms. The number of aromatic nitrogens is 1. The van der Waals surface area contributed by atoms with Crippen LogP contribution in [0.5, 0.6) is 0 Å². The summed E-state index contributed by atoms with van der Waals surface area (Å²) >= 11 is 17.0. The maximum Gasteiger partial charge on any atom is 0.325 e. The van der Waals surface area contributed by atoms with E-state index in [-0.39, 0.29) is 35.2 Å². The Balaban J connectivity index is 1.63. The number of hydrogen-bond acceptors (Lipinski definition) is 9. The van der Waals surface area contributed by atoms with Crippen LogP contribution in [0.1, 0.15) is 85.6 Å². The number of carbonyl (C=O) groups excluding carboxylic acids is 4. The predicted octanol–water partition coefficient (Wildman–Crippen LogP) is 5.81. The van der Waals surface area contributed by atoms with Gasteiger partial charge in [-0.05, 0) is 62.6 Å². The Bertz CT molecular complexity index is 1530. The van der Waals surface area contributed by atoms with E-state index in [1.165, 1.54) is 11.9 Å². The van der Waals surface area contributed by atoms with Crippen molar-refractivity contribution in [2.75, 3.05) is 13.2 Å². The molecule has 1 aromatic heterocycles. The van der Waals surface area contributed by atoms with Crippen LogP contribution in [0.4, 0.5) is 0 Å². The van der Waals surface area contributed by atoms with Crippen molar-refractivity contribution in [1.82, 2.24) is 26.1 Å². The van der Waals surface area contributed by atoms with E-state index in [2.05, 4.69) is 36.0 Å². The third-order valence-electron chi connectivity index (χ3n) is 8.54. The number of carbonyl (C=O) groups is 4. The summed E-state index contributed by atoms with van der Waals surface area (Å²) in [6.45, 7) is 14.8. The summed E-state index contributed by atoms with van der Waals surface area (Å²) in [5, 5.41) is 8.63. The first-order valence-corrected chi connectivity index (χ1v) is 17.5. The monoisotopic (exact) mass is 739 g/mol. The number of esters is 2. The number of hydrogen-bond donors (Lipinski definition) is 3. The second-order valence-electron chi connectivity index (χ2n) is 13.5. The fourth-order valence-corrected chi connectivity index (χ4v) is 5.43. The highest BCUT2D eigenvalue weighted by Gasteiger charge is 2.35. The molecule has 49 heavy (non-hydrogen) atoms. The summed E-state index contributed by atoms with van der Waals surface area (Å²) in [6, 6.07) is 7.45. The van der Waals surface area contributed by atoms with Crippen molar-refractivity contribution in [2.24, 2.45) is 11.3 Å². The Hall–Kier alpha value is -2.96. The molecule has 3 N–H and O–H groups in total.